The van der Waals surface area contributed by atoms with E-state index in [2.05, 4.69) is 96.9 Å². The third-order valence-electron chi connectivity index (χ3n) is 6.51. The van der Waals surface area contributed by atoms with Gasteiger partial charge in [0.25, 0.3) is 0 Å². The first-order valence-corrected chi connectivity index (χ1v) is 20.9. The Balaban J connectivity index is 1.60. The van der Waals surface area contributed by atoms with Crippen molar-refractivity contribution in [2.45, 2.75) is 64.8 Å². The molecule has 0 saturated heterocycles. The summed E-state index contributed by atoms with van der Waals surface area (Å²) >= 11 is 0. The summed E-state index contributed by atoms with van der Waals surface area (Å²) in [5, 5.41) is 0. The fraction of sp³-hybridized carbons (Fsp3) is 0.400. The quantitative estimate of drug-likeness (QED) is 0.127. The second-order valence-electron chi connectivity index (χ2n) is 12.2. The van der Waals surface area contributed by atoms with Crippen molar-refractivity contribution in [3.05, 3.63) is 73.3 Å². The van der Waals surface area contributed by atoms with E-state index in [1.807, 2.05) is 24.8 Å². The highest BCUT2D eigenvalue weighted by Crippen LogP contribution is 2.37. The van der Waals surface area contributed by atoms with Crippen molar-refractivity contribution >= 4 is 16.1 Å². The molecule has 8 heteroatoms. The lowest BCUT2D eigenvalue weighted by atomic mass is 9.94. The van der Waals surface area contributed by atoms with Gasteiger partial charge in [-0.05, 0) is 23.2 Å². The number of ether oxygens (including phenoxy) is 2. The van der Waals surface area contributed by atoms with Crippen molar-refractivity contribution in [1.29, 1.82) is 0 Å². The minimum Gasteiger partial charge on any atom is -0.361 e. The second-order valence-corrected chi connectivity index (χ2v) is 23.5. The van der Waals surface area contributed by atoms with Crippen LogP contribution in [0.15, 0.2) is 73.3 Å². The number of hydrogen-bond acceptors (Lipinski definition) is 4. The molecule has 2 aromatic carbocycles. The normalized spacial score (nSPS) is 12.3. The monoisotopic (exact) mass is 546 g/mol. The molecule has 6 nitrogen and oxygen atoms in total. The molecule has 0 saturated carbocycles. The van der Waals surface area contributed by atoms with Crippen molar-refractivity contribution in [2.75, 3.05) is 13.2 Å². The van der Waals surface area contributed by atoms with Crippen LogP contribution in [0.2, 0.25) is 51.4 Å². The molecular formula is C30H42N4O2Si2. The first-order valence-electron chi connectivity index (χ1n) is 13.5. The number of benzene rings is 2. The van der Waals surface area contributed by atoms with Crippen LogP contribution in [0.1, 0.15) is 0 Å². The van der Waals surface area contributed by atoms with E-state index in [-0.39, 0.29) is 0 Å². The summed E-state index contributed by atoms with van der Waals surface area (Å²) in [6.45, 7) is 16.8. The van der Waals surface area contributed by atoms with Crippen LogP contribution in [0.3, 0.4) is 0 Å². The Kier molecular flexibility index (Phi) is 9.20. The van der Waals surface area contributed by atoms with Crippen molar-refractivity contribution in [2.24, 2.45) is 0 Å². The second kappa shape index (κ2) is 12.4. The van der Waals surface area contributed by atoms with Gasteiger partial charge in [0.1, 0.15) is 25.1 Å². The van der Waals surface area contributed by atoms with Crippen LogP contribution in [0, 0.1) is 0 Å². The van der Waals surface area contributed by atoms with Gasteiger partial charge in [0.15, 0.2) is 0 Å². The predicted molar refractivity (Wildman–Crippen MR) is 163 cm³/mol. The van der Waals surface area contributed by atoms with Crippen molar-refractivity contribution in [1.82, 2.24) is 19.1 Å². The zero-order chi connectivity index (χ0) is 27.2. The third-order valence-corrected chi connectivity index (χ3v) is 9.92. The smallest absolute Gasteiger partial charge is 0.142 e. The molecule has 2 aromatic heterocycles. The summed E-state index contributed by atoms with van der Waals surface area (Å²) in [7, 11) is -2.26. The molecule has 0 unspecified atom stereocenters. The van der Waals surface area contributed by atoms with E-state index in [0.29, 0.717) is 13.5 Å². The van der Waals surface area contributed by atoms with Gasteiger partial charge in [-0.25, -0.2) is 9.97 Å². The molecule has 4 rings (SSSR count). The number of rotatable bonds is 13. The lowest BCUT2D eigenvalue weighted by molar-refractivity contribution is 0.0881. The van der Waals surface area contributed by atoms with Gasteiger partial charge in [0.2, 0.25) is 0 Å². The van der Waals surface area contributed by atoms with Crippen molar-refractivity contribution in [3.63, 3.8) is 0 Å². The molecule has 0 N–H and O–H groups in total. The molecular weight excluding hydrogens is 505 g/mol. The van der Waals surface area contributed by atoms with Crippen LogP contribution in [0.4, 0.5) is 0 Å². The first kappa shape index (κ1) is 28.2. The zero-order valence-electron chi connectivity index (χ0n) is 23.8. The Morgan fingerprint density at radius 2 is 0.947 bits per heavy atom. The van der Waals surface area contributed by atoms with Crippen molar-refractivity contribution in [3.8, 4) is 33.9 Å². The predicted octanol–water partition coefficient (Wildman–Crippen LogP) is 7.71. The van der Waals surface area contributed by atoms with E-state index in [0.717, 1.165) is 59.2 Å². The third kappa shape index (κ3) is 7.63. The molecule has 202 valence electrons. The number of aromatic nitrogens is 4. The Morgan fingerprint density at radius 1 is 0.579 bits per heavy atom. The molecule has 0 atom stereocenters. The van der Waals surface area contributed by atoms with Gasteiger partial charge in [-0.2, -0.15) is 0 Å². The van der Waals surface area contributed by atoms with Crippen LogP contribution in [0.5, 0.6) is 0 Å². The lowest BCUT2D eigenvalue weighted by Crippen LogP contribution is -2.22. The van der Waals surface area contributed by atoms with Gasteiger partial charge in [0, 0.05) is 65.3 Å². The molecule has 0 aliphatic heterocycles. The van der Waals surface area contributed by atoms with E-state index in [1.54, 1.807) is 0 Å². The largest absolute Gasteiger partial charge is 0.361 e. The highest BCUT2D eigenvalue weighted by atomic mass is 28.3. The van der Waals surface area contributed by atoms with Crippen LogP contribution in [-0.4, -0.2) is 48.5 Å². The van der Waals surface area contributed by atoms with Gasteiger partial charge in [-0.1, -0.05) is 87.8 Å². The minimum absolute atomic E-state index is 0.495. The number of imidazole rings is 2. The summed E-state index contributed by atoms with van der Waals surface area (Å²) in [4.78, 5) is 9.47. The minimum atomic E-state index is -1.13. The molecule has 0 aliphatic rings. The molecule has 0 amide bonds. The average molecular weight is 547 g/mol. The average Bonchev–Trinajstić information content (AvgIpc) is 3.53. The highest BCUT2D eigenvalue weighted by molar-refractivity contribution is 6.76. The molecule has 0 bridgehead atoms. The molecule has 0 radical (unpaired) electrons. The molecule has 0 fully saturated rings. The van der Waals surface area contributed by atoms with E-state index in [1.165, 1.54) is 0 Å². The van der Waals surface area contributed by atoms with Crippen LogP contribution >= 0.6 is 0 Å². The zero-order valence-corrected chi connectivity index (χ0v) is 25.8. The maximum absolute atomic E-state index is 6.06. The summed E-state index contributed by atoms with van der Waals surface area (Å²) in [6, 6.07) is 19.2. The Hall–Kier alpha value is -2.79. The van der Waals surface area contributed by atoms with Gasteiger partial charge < -0.3 is 18.6 Å². The fourth-order valence-electron chi connectivity index (χ4n) is 4.22. The SMILES string of the molecule is C[Si](C)(C)CCOCn1ccnc1-c1ccccc1-c1ccccc1-c1nccn1COCC[Si](C)(C)C. The highest BCUT2D eigenvalue weighted by Gasteiger charge is 2.18. The standard InChI is InChI=1S/C30H42N4O2Si2/c1-37(2,3)21-19-35-23-33-17-15-31-29(33)27-13-9-7-11-25(27)26-12-8-10-14-28(26)30-32-16-18-34(30)24-36-20-22-38(4,5)6/h7-18H,19-24H2,1-6H3. The topological polar surface area (TPSA) is 54.1 Å². The molecule has 0 aliphatic carbocycles. The van der Waals surface area contributed by atoms with E-state index in [9.17, 15) is 0 Å². The summed E-state index contributed by atoms with van der Waals surface area (Å²) < 4.78 is 16.3. The van der Waals surface area contributed by atoms with E-state index < -0.39 is 16.1 Å². The Morgan fingerprint density at radius 3 is 1.32 bits per heavy atom. The Labute approximate surface area is 229 Å². The summed E-state index contributed by atoms with van der Waals surface area (Å²) in [5.41, 5.74) is 4.38. The van der Waals surface area contributed by atoms with Crippen LogP contribution < -0.4 is 0 Å². The maximum atomic E-state index is 6.06. The first-order chi connectivity index (χ1) is 18.1. The van der Waals surface area contributed by atoms with Crippen molar-refractivity contribution < 1.29 is 9.47 Å². The van der Waals surface area contributed by atoms with Gasteiger partial charge in [0.05, 0.1) is 0 Å². The summed E-state index contributed by atoms with van der Waals surface area (Å²) in [5.74, 6) is 1.81. The van der Waals surface area contributed by atoms with Gasteiger partial charge in [-0.15, -0.1) is 0 Å². The van der Waals surface area contributed by atoms with Crippen LogP contribution in [-0.2, 0) is 22.9 Å². The molecule has 2 heterocycles. The molecule has 4 aromatic rings. The van der Waals surface area contributed by atoms with Gasteiger partial charge in [-0.3, -0.25) is 0 Å². The molecule has 38 heavy (non-hydrogen) atoms. The summed E-state index contributed by atoms with van der Waals surface area (Å²) in [6.07, 6.45) is 7.70. The van der Waals surface area contributed by atoms with E-state index >= 15 is 0 Å². The Bertz CT molecular complexity index is 1220. The molecule has 0 spiro atoms. The maximum Gasteiger partial charge on any atom is 0.142 e. The fourth-order valence-corrected chi connectivity index (χ4v) is 5.74. The van der Waals surface area contributed by atoms with E-state index in [4.69, 9.17) is 19.4 Å². The lowest BCUT2D eigenvalue weighted by Gasteiger charge is -2.18. The van der Waals surface area contributed by atoms with Gasteiger partial charge >= 0.3 is 0 Å². The number of nitrogens with zero attached hydrogens (tertiary/aromatic N) is 4. The number of hydrogen-bond donors (Lipinski definition) is 0. The van der Waals surface area contributed by atoms with Crippen LogP contribution in [0.25, 0.3) is 33.9 Å².